The van der Waals surface area contributed by atoms with Crippen molar-refractivity contribution in [3.63, 3.8) is 0 Å². The maximum absolute atomic E-state index is 13.8. The molecule has 0 saturated carbocycles. The van der Waals surface area contributed by atoms with Gasteiger partial charge in [0.25, 0.3) is 5.91 Å². The van der Waals surface area contributed by atoms with Crippen molar-refractivity contribution in [1.82, 2.24) is 10.1 Å². The third kappa shape index (κ3) is 4.46. The van der Waals surface area contributed by atoms with Gasteiger partial charge in [0, 0.05) is 29.7 Å². The van der Waals surface area contributed by atoms with Crippen LogP contribution in [-0.2, 0) is 19.9 Å². The molecule has 0 radical (unpaired) electrons. The monoisotopic (exact) mass is 473 g/mol. The first kappa shape index (κ1) is 22.6. The zero-order valence-electron chi connectivity index (χ0n) is 19.2. The molecule has 33 heavy (non-hydrogen) atoms. The van der Waals surface area contributed by atoms with E-state index in [1.54, 1.807) is 17.4 Å². The Kier molecular flexibility index (Phi) is 6.28. The number of amides is 1. The van der Waals surface area contributed by atoms with Gasteiger partial charge >= 0.3 is 5.97 Å². The molecule has 6 rings (SSSR count). The van der Waals surface area contributed by atoms with Crippen molar-refractivity contribution in [2.24, 2.45) is 5.92 Å². The molecule has 4 fully saturated rings. The molecular weight excluding hydrogens is 440 g/mol. The number of nitrogens with one attached hydrogen (secondary N) is 1. The molecule has 1 N–H and O–H groups in total. The molecule has 9 heteroatoms. The fraction of sp³-hybridized carbons (Fsp3) is 0.625. The maximum Gasteiger partial charge on any atom is 0.332 e. The van der Waals surface area contributed by atoms with Gasteiger partial charge in [-0.3, -0.25) is 9.69 Å². The van der Waals surface area contributed by atoms with Crippen molar-refractivity contribution in [3.05, 3.63) is 34.7 Å². The van der Waals surface area contributed by atoms with E-state index in [1.807, 2.05) is 18.4 Å². The first-order chi connectivity index (χ1) is 16.0. The van der Waals surface area contributed by atoms with Crippen LogP contribution < -0.4 is 5.32 Å². The van der Waals surface area contributed by atoms with E-state index in [0.717, 1.165) is 56.7 Å². The van der Waals surface area contributed by atoms with Gasteiger partial charge in [0.1, 0.15) is 12.8 Å². The number of carbonyl (C=O) groups is 2. The van der Waals surface area contributed by atoms with Crippen LogP contribution in [0.25, 0.3) is 0 Å². The van der Waals surface area contributed by atoms with Crippen LogP contribution >= 0.6 is 11.3 Å². The van der Waals surface area contributed by atoms with Gasteiger partial charge in [0.15, 0.2) is 24.0 Å². The van der Waals surface area contributed by atoms with Gasteiger partial charge in [0.05, 0.1) is 13.1 Å². The Balaban J connectivity index is 1.29. The SMILES string of the molecule is CC(C(=O)O[C@@H]1C[N+]2(CC(=O)Nc3ccon3)CCC1CC2)(c1cccs1)N1CCCCC1. The molecule has 2 bridgehead atoms. The number of carbonyl (C=O) groups excluding carboxylic acids is 2. The molecule has 2 atom stereocenters. The number of aromatic nitrogens is 1. The van der Waals surface area contributed by atoms with Crippen LogP contribution in [0.2, 0.25) is 0 Å². The molecule has 0 spiro atoms. The van der Waals surface area contributed by atoms with Crippen LogP contribution in [-0.4, -0.2) is 71.8 Å². The average molecular weight is 474 g/mol. The predicted molar refractivity (Wildman–Crippen MR) is 125 cm³/mol. The molecule has 1 amide bonds. The van der Waals surface area contributed by atoms with E-state index < -0.39 is 5.54 Å². The second-order valence-electron chi connectivity index (χ2n) is 9.94. The van der Waals surface area contributed by atoms with Gasteiger partial charge in [-0.15, -0.1) is 11.3 Å². The number of quaternary nitrogens is 1. The molecule has 6 heterocycles. The van der Waals surface area contributed by atoms with Crippen LogP contribution in [0.4, 0.5) is 5.82 Å². The molecule has 4 aliphatic heterocycles. The van der Waals surface area contributed by atoms with Gasteiger partial charge < -0.3 is 19.1 Å². The molecule has 178 valence electrons. The Morgan fingerprint density at radius 3 is 2.73 bits per heavy atom. The van der Waals surface area contributed by atoms with Gasteiger partial charge in [-0.05, 0) is 44.3 Å². The first-order valence-electron chi connectivity index (χ1n) is 12.0. The van der Waals surface area contributed by atoms with E-state index in [2.05, 4.69) is 21.4 Å². The number of hydrogen-bond acceptors (Lipinski definition) is 7. The number of hydrogen-bond donors (Lipinski definition) is 1. The van der Waals surface area contributed by atoms with Crippen molar-refractivity contribution in [2.75, 3.05) is 44.6 Å². The first-order valence-corrected chi connectivity index (χ1v) is 12.9. The number of esters is 1. The lowest BCUT2D eigenvalue weighted by atomic mass is 9.83. The number of ether oxygens (including phenoxy) is 1. The molecular formula is C24H33N4O4S+. The summed E-state index contributed by atoms with van der Waals surface area (Å²) in [6.07, 6.45) is 6.69. The normalized spacial score (nSPS) is 29.4. The second kappa shape index (κ2) is 9.19. The Morgan fingerprint density at radius 1 is 1.27 bits per heavy atom. The fourth-order valence-corrected chi connectivity index (χ4v) is 6.78. The van der Waals surface area contributed by atoms with Gasteiger partial charge in [-0.1, -0.05) is 17.6 Å². The number of nitrogens with zero attached hydrogens (tertiary/aromatic N) is 3. The summed E-state index contributed by atoms with van der Waals surface area (Å²) >= 11 is 1.63. The third-order valence-electron chi connectivity index (χ3n) is 7.87. The zero-order valence-corrected chi connectivity index (χ0v) is 20.0. The van der Waals surface area contributed by atoms with Crippen molar-refractivity contribution >= 4 is 29.0 Å². The molecule has 0 aromatic carbocycles. The van der Waals surface area contributed by atoms with Gasteiger partial charge in [-0.2, -0.15) is 0 Å². The lowest BCUT2D eigenvalue weighted by molar-refractivity contribution is -0.939. The van der Waals surface area contributed by atoms with Crippen LogP contribution in [0.3, 0.4) is 0 Å². The Labute approximate surface area is 198 Å². The standard InChI is InChI=1S/C24H32N4O4S/c1-24(20-6-5-15-33-20,27-10-3-2-4-11-27)23(30)32-19-16-28(12-7-18(19)8-13-28)17-22(29)25-21-9-14-31-26-21/h5-6,9,14-15,18-19H,2-4,7-8,10-13,16-17H2,1H3/p+1/t18?,19-,24?,28?/m1/s1. The summed E-state index contributed by atoms with van der Waals surface area (Å²) in [4.78, 5) is 29.8. The molecule has 2 aromatic rings. The molecule has 1 unspecified atom stereocenters. The van der Waals surface area contributed by atoms with Crippen molar-refractivity contribution in [3.8, 4) is 0 Å². The number of thiophene rings is 1. The van der Waals surface area contributed by atoms with E-state index >= 15 is 0 Å². The van der Waals surface area contributed by atoms with Crippen molar-refractivity contribution in [1.29, 1.82) is 0 Å². The number of likely N-dealkylation sites (tertiary alicyclic amines) is 1. The summed E-state index contributed by atoms with van der Waals surface area (Å²) in [6, 6.07) is 5.70. The molecule has 8 nitrogen and oxygen atoms in total. The molecule has 4 aliphatic rings. The summed E-state index contributed by atoms with van der Waals surface area (Å²) in [7, 11) is 0. The summed E-state index contributed by atoms with van der Waals surface area (Å²) < 4.78 is 11.8. The number of anilines is 1. The van der Waals surface area contributed by atoms with Crippen molar-refractivity contribution in [2.45, 2.75) is 50.7 Å². The number of rotatable bonds is 7. The Hall–Kier alpha value is -2.23. The highest BCUT2D eigenvalue weighted by molar-refractivity contribution is 7.10. The number of fused-ring (bicyclic) bond motifs is 3. The highest BCUT2D eigenvalue weighted by Crippen LogP contribution is 2.39. The van der Waals surface area contributed by atoms with Crippen LogP contribution in [0.15, 0.2) is 34.4 Å². The highest BCUT2D eigenvalue weighted by atomic mass is 32.1. The lowest BCUT2D eigenvalue weighted by Gasteiger charge is -2.52. The molecule has 4 saturated heterocycles. The van der Waals surface area contributed by atoms with Crippen LogP contribution in [0.5, 0.6) is 0 Å². The average Bonchev–Trinajstić information content (AvgIpc) is 3.54. The number of piperidine rings is 4. The van der Waals surface area contributed by atoms with E-state index in [0.29, 0.717) is 29.3 Å². The lowest BCUT2D eigenvalue weighted by Crippen LogP contribution is -2.66. The Bertz CT molecular complexity index is 949. The molecule has 2 aromatic heterocycles. The van der Waals surface area contributed by atoms with Crippen molar-refractivity contribution < 1.29 is 23.3 Å². The quantitative estimate of drug-likeness (QED) is 0.491. The largest absolute Gasteiger partial charge is 0.454 e. The van der Waals surface area contributed by atoms with E-state index in [1.165, 1.54) is 12.7 Å². The maximum atomic E-state index is 13.8. The van der Waals surface area contributed by atoms with Gasteiger partial charge in [0.2, 0.25) is 0 Å². The van der Waals surface area contributed by atoms with Crippen LogP contribution in [0.1, 0.15) is 43.9 Å². The van der Waals surface area contributed by atoms with E-state index in [9.17, 15) is 9.59 Å². The fourth-order valence-electron chi connectivity index (χ4n) is 5.88. The summed E-state index contributed by atoms with van der Waals surface area (Å²) in [5.74, 6) is 0.588. The summed E-state index contributed by atoms with van der Waals surface area (Å²) in [5.41, 5.74) is -0.754. The summed E-state index contributed by atoms with van der Waals surface area (Å²) in [6.45, 7) is 6.81. The second-order valence-corrected chi connectivity index (χ2v) is 10.9. The highest BCUT2D eigenvalue weighted by Gasteiger charge is 2.51. The molecule has 0 aliphatic carbocycles. The minimum Gasteiger partial charge on any atom is -0.454 e. The minimum atomic E-state index is -0.754. The van der Waals surface area contributed by atoms with Crippen LogP contribution in [0, 0.1) is 5.92 Å². The third-order valence-corrected chi connectivity index (χ3v) is 8.95. The van der Waals surface area contributed by atoms with E-state index in [4.69, 9.17) is 9.26 Å². The zero-order chi connectivity index (χ0) is 22.9. The topological polar surface area (TPSA) is 84.7 Å². The summed E-state index contributed by atoms with van der Waals surface area (Å²) in [5, 5.41) is 8.62. The van der Waals surface area contributed by atoms with Gasteiger partial charge in [-0.25, -0.2) is 4.79 Å². The minimum absolute atomic E-state index is 0.0777. The van der Waals surface area contributed by atoms with E-state index in [-0.39, 0.29) is 18.0 Å². The smallest absolute Gasteiger partial charge is 0.332 e. The predicted octanol–water partition coefficient (Wildman–Crippen LogP) is 3.23. The Morgan fingerprint density at radius 2 is 2.06 bits per heavy atom.